The van der Waals surface area contributed by atoms with E-state index >= 15 is 0 Å². The second kappa shape index (κ2) is 12.4. The van der Waals surface area contributed by atoms with Gasteiger partial charge in [0.2, 0.25) is 5.91 Å². The van der Waals surface area contributed by atoms with E-state index in [4.69, 9.17) is 9.47 Å². The van der Waals surface area contributed by atoms with Gasteiger partial charge >= 0.3 is 5.97 Å². The van der Waals surface area contributed by atoms with Gasteiger partial charge in [-0.3, -0.25) is 14.7 Å². The molecule has 7 nitrogen and oxygen atoms in total. The van der Waals surface area contributed by atoms with Crippen LogP contribution in [0.15, 0.2) is 66.7 Å². The molecule has 0 spiro atoms. The number of carbonyl (C=O) groups is 2. The maximum absolute atomic E-state index is 13.4. The van der Waals surface area contributed by atoms with Crippen LogP contribution in [0.1, 0.15) is 61.2 Å². The third-order valence-corrected chi connectivity index (χ3v) is 6.22. The summed E-state index contributed by atoms with van der Waals surface area (Å²) in [6.07, 6.45) is 0.932. The first-order chi connectivity index (χ1) is 18.3. The van der Waals surface area contributed by atoms with Crippen LogP contribution in [0.25, 0.3) is 10.9 Å². The third kappa shape index (κ3) is 6.79. The van der Waals surface area contributed by atoms with Crippen molar-refractivity contribution in [1.29, 1.82) is 0 Å². The second-order valence-electron chi connectivity index (χ2n) is 9.65. The number of nitrogens with one attached hydrogen (secondary N) is 2. The van der Waals surface area contributed by atoms with Gasteiger partial charge < -0.3 is 14.8 Å². The van der Waals surface area contributed by atoms with Crippen molar-refractivity contribution in [1.82, 2.24) is 15.5 Å². The molecule has 38 heavy (non-hydrogen) atoms. The number of rotatable bonds is 11. The molecule has 2 N–H and O–H groups in total. The first-order valence-electron chi connectivity index (χ1n) is 13.1. The quantitative estimate of drug-likeness (QED) is 0.255. The fourth-order valence-electron chi connectivity index (χ4n) is 4.49. The Morgan fingerprint density at radius 1 is 1.03 bits per heavy atom. The molecule has 0 aliphatic carbocycles. The average Bonchev–Trinajstić information content (AvgIpc) is 3.29. The molecule has 1 unspecified atom stereocenters. The molecule has 0 radical (unpaired) electrons. The van der Waals surface area contributed by atoms with Crippen molar-refractivity contribution in [3.05, 3.63) is 94.7 Å². The Hall–Kier alpha value is -4.13. The Morgan fingerprint density at radius 2 is 1.82 bits per heavy atom. The van der Waals surface area contributed by atoms with Gasteiger partial charge in [0.05, 0.1) is 42.8 Å². The smallest absolute Gasteiger partial charge is 0.306 e. The van der Waals surface area contributed by atoms with Crippen LogP contribution in [0.2, 0.25) is 0 Å². The molecule has 0 aliphatic heterocycles. The average molecular weight is 514 g/mol. The monoisotopic (exact) mass is 513 g/mol. The summed E-state index contributed by atoms with van der Waals surface area (Å²) in [6.45, 7) is 8.17. The highest BCUT2D eigenvalue weighted by molar-refractivity contribution is 5.85. The van der Waals surface area contributed by atoms with Crippen LogP contribution in [0.3, 0.4) is 0 Å². The molecule has 4 rings (SSSR count). The van der Waals surface area contributed by atoms with E-state index in [1.54, 1.807) is 6.92 Å². The van der Waals surface area contributed by atoms with E-state index in [1.165, 1.54) is 0 Å². The van der Waals surface area contributed by atoms with Crippen molar-refractivity contribution >= 4 is 22.8 Å². The summed E-state index contributed by atoms with van der Waals surface area (Å²) in [4.78, 5) is 25.2. The molecule has 0 fully saturated rings. The molecule has 1 amide bonds. The maximum Gasteiger partial charge on any atom is 0.306 e. The summed E-state index contributed by atoms with van der Waals surface area (Å²) in [5.41, 5.74) is 5.50. The molecule has 0 aliphatic rings. The fourth-order valence-corrected chi connectivity index (χ4v) is 4.49. The van der Waals surface area contributed by atoms with Crippen molar-refractivity contribution < 1.29 is 19.1 Å². The molecular formula is C31H35N3O4. The number of nitrogens with zero attached hydrogens (tertiary/aromatic N) is 1. The highest BCUT2D eigenvalue weighted by atomic mass is 16.5. The van der Waals surface area contributed by atoms with Crippen molar-refractivity contribution in [2.24, 2.45) is 0 Å². The molecule has 1 aromatic heterocycles. The van der Waals surface area contributed by atoms with Crippen LogP contribution in [0, 0.1) is 6.92 Å². The minimum atomic E-state index is -0.365. The van der Waals surface area contributed by atoms with Crippen LogP contribution in [-0.4, -0.2) is 34.8 Å². The Bertz CT molecular complexity index is 1400. The number of hydrogen-bond donors (Lipinski definition) is 2. The Kier molecular flexibility index (Phi) is 8.79. The normalized spacial score (nSPS) is 11.9. The molecular weight excluding hydrogens is 478 g/mol. The number of aromatic nitrogens is 2. The first-order valence-corrected chi connectivity index (χ1v) is 13.1. The number of carbonyl (C=O) groups excluding carboxylic acids is 2. The van der Waals surface area contributed by atoms with E-state index in [0.717, 1.165) is 44.6 Å². The van der Waals surface area contributed by atoms with Gasteiger partial charge in [-0.1, -0.05) is 48.5 Å². The maximum atomic E-state index is 13.4. The zero-order valence-electron chi connectivity index (χ0n) is 22.4. The van der Waals surface area contributed by atoms with E-state index in [1.807, 2.05) is 87.5 Å². The zero-order chi connectivity index (χ0) is 27.1. The summed E-state index contributed by atoms with van der Waals surface area (Å²) in [7, 11) is 0. The molecule has 0 saturated carbocycles. The SMILES string of the molecule is CCOC(=O)CCc1n[nH]c2ccc(CC(=O)NC(c3ccccc3)c3ccc(C)cc3OC(C)C)cc12. The first kappa shape index (κ1) is 26.9. The van der Waals surface area contributed by atoms with Gasteiger partial charge in [0.25, 0.3) is 0 Å². The summed E-state index contributed by atoms with van der Waals surface area (Å²) in [5.74, 6) is 0.411. The van der Waals surface area contributed by atoms with Gasteiger partial charge in [-0.05, 0) is 62.6 Å². The van der Waals surface area contributed by atoms with E-state index < -0.39 is 0 Å². The molecule has 1 heterocycles. The molecule has 0 saturated heterocycles. The molecule has 0 bridgehead atoms. The zero-order valence-corrected chi connectivity index (χ0v) is 22.4. The van der Waals surface area contributed by atoms with E-state index in [-0.39, 0.29) is 36.9 Å². The van der Waals surface area contributed by atoms with Crippen LogP contribution >= 0.6 is 0 Å². The van der Waals surface area contributed by atoms with Gasteiger partial charge in [-0.2, -0.15) is 5.10 Å². The number of aromatic amines is 1. The minimum absolute atomic E-state index is 0.00221. The number of H-pyrrole nitrogens is 1. The Balaban J connectivity index is 1.56. The minimum Gasteiger partial charge on any atom is -0.491 e. The van der Waals surface area contributed by atoms with Crippen LogP contribution in [0.4, 0.5) is 0 Å². The van der Waals surface area contributed by atoms with Crippen molar-refractivity contribution in [2.45, 2.75) is 59.1 Å². The van der Waals surface area contributed by atoms with E-state index in [9.17, 15) is 9.59 Å². The lowest BCUT2D eigenvalue weighted by Crippen LogP contribution is -2.31. The molecule has 7 heteroatoms. The summed E-state index contributed by atoms with van der Waals surface area (Å²) < 4.78 is 11.2. The highest BCUT2D eigenvalue weighted by Crippen LogP contribution is 2.32. The lowest BCUT2D eigenvalue weighted by atomic mass is 9.96. The van der Waals surface area contributed by atoms with Gasteiger partial charge in [0.15, 0.2) is 0 Å². The highest BCUT2D eigenvalue weighted by Gasteiger charge is 2.22. The fraction of sp³-hybridized carbons (Fsp3) is 0.323. The predicted octanol–water partition coefficient (Wildman–Crippen LogP) is 5.60. The van der Waals surface area contributed by atoms with E-state index in [0.29, 0.717) is 13.0 Å². The number of aryl methyl sites for hydroxylation is 2. The molecule has 1 atom stereocenters. The number of ether oxygens (including phenoxy) is 2. The number of amides is 1. The van der Waals surface area contributed by atoms with Crippen molar-refractivity contribution in [3.63, 3.8) is 0 Å². The third-order valence-electron chi connectivity index (χ3n) is 6.22. The molecule has 198 valence electrons. The number of benzene rings is 3. The van der Waals surface area contributed by atoms with Gasteiger partial charge in [0, 0.05) is 17.4 Å². The lowest BCUT2D eigenvalue weighted by molar-refractivity contribution is -0.143. The lowest BCUT2D eigenvalue weighted by Gasteiger charge is -2.24. The van der Waals surface area contributed by atoms with Gasteiger partial charge in [0.1, 0.15) is 5.75 Å². The van der Waals surface area contributed by atoms with Gasteiger partial charge in [-0.25, -0.2) is 0 Å². The predicted molar refractivity (Wildman–Crippen MR) is 148 cm³/mol. The standard InChI is InChI=1S/C31H35N3O4/c1-5-37-30(36)16-15-27-25-18-22(12-14-26(25)33-34-27)19-29(35)32-31(23-9-7-6-8-10-23)24-13-11-21(4)17-28(24)38-20(2)3/h6-14,17-18,20,31H,5,15-16,19H2,1-4H3,(H,32,35)(H,33,34). The number of esters is 1. The molecule has 4 aromatic rings. The van der Waals surface area contributed by atoms with Gasteiger partial charge in [-0.15, -0.1) is 0 Å². The Morgan fingerprint density at radius 3 is 2.55 bits per heavy atom. The number of hydrogen-bond acceptors (Lipinski definition) is 5. The van der Waals surface area contributed by atoms with Crippen LogP contribution in [-0.2, 0) is 27.2 Å². The van der Waals surface area contributed by atoms with Crippen molar-refractivity contribution in [2.75, 3.05) is 6.61 Å². The molecule has 3 aromatic carbocycles. The Labute approximate surface area is 223 Å². The van der Waals surface area contributed by atoms with E-state index in [2.05, 4.69) is 15.5 Å². The second-order valence-corrected chi connectivity index (χ2v) is 9.65. The number of fused-ring (bicyclic) bond motifs is 1. The summed E-state index contributed by atoms with van der Waals surface area (Å²) in [6, 6.07) is 21.4. The summed E-state index contributed by atoms with van der Waals surface area (Å²) >= 11 is 0. The topological polar surface area (TPSA) is 93.3 Å². The van der Waals surface area contributed by atoms with Crippen LogP contribution < -0.4 is 10.1 Å². The summed E-state index contributed by atoms with van der Waals surface area (Å²) in [5, 5.41) is 11.5. The van der Waals surface area contributed by atoms with Crippen molar-refractivity contribution in [3.8, 4) is 5.75 Å². The van der Waals surface area contributed by atoms with Crippen LogP contribution in [0.5, 0.6) is 5.75 Å². The largest absolute Gasteiger partial charge is 0.491 e.